The van der Waals surface area contributed by atoms with Crippen molar-refractivity contribution in [1.82, 2.24) is 0 Å². The SMILES string of the molecule is C/C(=C\c1cccs1)C(=O)OC(C)(C)C. The Kier molecular flexibility index (Phi) is 3.69. The van der Waals surface area contributed by atoms with E-state index in [-0.39, 0.29) is 5.97 Å². The molecule has 0 aliphatic rings. The highest BCUT2D eigenvalue weighted by atomic mass is 32.1. The minimum atomic E-state index is -0.429. The minimum absolute atomic E-state index is 0.254. The Labute approximate surface area is 94.6 Å². The molecule has 15 heavy (non-hydrogen) atoms. The van der Waals surface area contributed by atoms with Crippen LogP contribution in [0.3, 0.4) is 0 Å². The Morgan fingerprint density at radius 2 is 2.13 bits per heavy atom. The summed E-state index contributed by atoms with van der Waals surface area (Å²) in [6.07, 6.45) is 1.85. The largest absolute Gasteiger partial charge is 0.457 e. The van der Waals surface area contributed by atoms with Crippen LogP contribution in [0.5, 0.6) is 0 Å². The van der Waals surface area contributed by atoms with Crippen LogP contribution < -0.4 is 0 Å². The fourth-order valence-electron chi connectivity index (χ4n) is 1.00. The van der Waals surface area contributed by atoms with Crippen LogP contribution in [-0.4, -0.2) is 11.6 Å². The summed E-state index contributed by atoms with van der Waals surface area (Å²) < 4.78 is 5.25. The molecule has 0 N–H and O–H groups in total. The lowest BCUT2D eigenvalue weighted by atomic mass is 10.2. The van der Waals surface area contributed by atoms with Gasteiger partial charge in [0, 0.05) is 10.5 Å². The molecule has 1 heterocycles. The highest BCUT2D eigenvalue weighted by molar-refractivity contribution is 7.10. The summed E-state index contributed by atoms with van der Waals surface area (Å²) in [6.45, 7) is 7.36. The van der Waals surface area contributed by atoms with Crippen LogP contribution in [0.25, 0.3) is 6.08 Å². The van der Waals surface area contributed by atoms with Crippen molar-refractivity contribution in [2.75, 3.05) is 0 Å². The zero-order valence-corrected chi connectivity index (χ0v) is 10.4. The van der Waals surface area contributed by atoms with Crippen molar-refractivity contribution in [2.24, 2.45) is 0 Å². The van der Waals surface area contributed by atoms with Gasteiger partial charge in [0.05, 0.1) is 0 Å². The second-order valence-corrected chi connectivity index (χ2v) is 5.32. The molecular weight excluding hydrogens is 208 g/mol. The van der Waals surface area contributed by atoms with E-state index in [1.807, 2.05) is 44.4 Å². The Morgan fingerprint density at radius 3 is 2.60 bits per heavy atom. The summed E-state index contributed by atoms with van der Waals surface area (Å²) in [4.78, 5) is 12.7. The molecule has 0 unspecified atom stereocenters. The van der Waals surface area contributed by atoms with Gasteiger partial charge in [-0.1, -0.05) is 6.07 Å². The van der Waals surface area contributed by atoms with Gasteiger partial charge in [-0.05, 0) is 45.2 Å². The number of rotatable bonds is 2. The first kappa shape index (κ1) is 12.0. The summed E-state index contributed by atoms with van der Waals surface area (Å²) in [5.74, 6) is -0.254. The molecule has 0 saturated carbocycles. The Balaban J connectivity index is 2.69. The number of carbonyl (C=O) groups excluding carboxylic acids is 1. The standard InChI is InChI=1S/C12H16O2S/c1-9(8-10-6-5-7-15-10)11(13)14-12(2,3)4/h5-8H,1-4H3/b9-8+. The first-order chi connectivity index (χ1) is 6.88. The Hall–Kier alpha value is -1.09. The maximum absolute atomic E-state index is 11.6. The van der Waals surface area contributed by atoms with Crippen LogP contribution in [-0.2, 0) is 9.53 Å². The molecule has 0 aromatic carbocycles. The zero-order chi connectivity index (χ0) is 11.5. The van der Waals surface area contributed by atoms with Crippen molar-refractivity contribution in [2.45, 2.75) is 33.3 Å². The van der Waals surface area contributed by atoms with Gasteiger partial charge in [0.25, 0.3) is 0 Å². The lowest BCUT2D eigenvalue weighted by Gasteiger charge is -2.19. The third kappa shape index (κ3) is 4.30. The van der Waals surface area contributed by atoms with Crippen molar-refractivity contribution in [3.05, 3.63) is 28.0 Å². The van der Waals surface area contributed by atoms with Gasteiger partial charge < -0.3 is 4.74 Å². The van der Waals surface area contributed by atoms with E-state index in [9.17, 15) is 4.79 Å². The highest BCUT2D eigenvalue weighted by Gasteiger charge is 2.17. The van der Waals surface area contributed by atoms with Gasteiger partial charge in [-0.2, -0.15) is 0 Å². The monoisotopic (exact) mass is 224 g/mol. The maximum Gasteiger partial charge on any atom is 0.334 e. The second kappa shape index (κ2) is 4.62. The van der Waals surface area contributed by atoms with E-state index in [1.165, 1.54) is 0 Å². The summed E-state index contributed by atoms with van der Waals surface area (Å²) in [6, 6.07) is 3.93. The number of hydrogen-bond acceptors (Lipinski definition) is 3. The van der Waals surface area contributed by atoms with Crippen molar-refractivity contribution < 1.29 is 9.53 Å². The van der Waals surface area contributed by atoms with Crippen LogP contribution in [0.4, 0.5) is 0 Å². The molecule has 0 fully saturated rings. The van der Waals surface area contributed by atoms with Crippen LogP contribution in [0.2, 0.25) is 0 Å². The first-order valence-electron chi connectivity index (χ1n) is 4.83. The summed E-state index contributed by atoms with van der Waals surface area (Å²) in [5.41, 5.74) is 0.203. The average Bonchev–Trinajstić information content (AvgIpc) is 2.53. The quantitative estimate of drug-likeness (QED) is 0.567. The molecule has 1 rings (SSSR count). The second-order valence-electron chi connectivity index (χ2n) is 4.34. The van der Waals surface area contributed by atoms with Crippen LogP contribution in [0, 0.1) is 0 Å². The van der Waals surface area contributed by atoms with Crippen molar-refractivity contribution in [3.63, 3.8) is 0 Å². The van der Waals surface area contributed by atoms with E-state index in [0.717, 1.165) is 4.88 Å². The van der Waals surface area contributed by atoms with Crippen LogP contribution in [0.15, 0.2) is 23.1 Å². The molecule has 2 nitrogen and oxygen atoms in total. The van der Waals surface area contributed by atoms with Gasteiger partial charge in [-0.25, -0.2) is 4.79 Å². The normalized spacial score (nSPS) is 12.7. The topological polar surface area (TPSA) is 26.3 Å². The van der Waals surface area contributed by atoms with E-state index in [4.69, 9.17) is 4.74 Å². The summed E-state index contributed by atoms with van der Waals surface area (Å²) in [7, 11) is 0. The predicted molar refractivity (Wildman–Crippen MR) is 63.8 cm³/mol. The molecule has 0 amide bonds. The lowest BCUT2D eigenvalue weighted by Crippen LogP contribution is -2.24. The Morgan fingerprint density at radius 1 is 1.47 bits per heavy atom. The smallest absolute Gasteiger partial charge is 0.334 e. The first-order valence-corrected chi connectivity index (χ1v) is 5.71. The number of ether oxygens (including phenoxy) is 1. The number of esters is 1. The summed E-state index contributed by atoms with van der Waals surface area (Å²) >= 11 is 1.60. The van der Waals surface area contributed by atoms with E-state index < -0.39 is 5.60 Å². The van der Waals surface area contributed by atoms with Crippen molar-refractivity contribution in [3.8, 4) is 0 Å². The summed E-state index contributed by atoms with van der Waals surface area (Å²) in [5, 5.41) is 1.98. The number of thiophene rings is 1. The predicted octanol–water partition coefficient (Wildman–Crippen LogP) is 3.49. The van der Waals surface area contributed by atoms with Crippen LogP contribution >= 0.6 is 11.3 Å². The number of hydrogen-bond donors (Lipinski definition) is 0. The minimum Gasteiger partial charge on any atom is -0.457 e. The molecule has 0 spiro atoms. The fraction of sp³-hybridized carbons (Fsp3) is 0.417. The third-order valence-electron chi connectivity index (χ3n) is 1.62. The van der Waals surface area contributed by atoms with Crippen molar-refractivity contribution in [1.29, 1.82) is 0 Å². The molecule has 0 radical (unpaired) electrons. The molecule has 1 aromatic heterocycles. The van der Waals surface area contributed by atoms with Gasteiger partial charge in [0.1, 0.15) is 5.60 Å². The molecule has 0 atom stereocenters. The lowest BCUT2D eigenvalue weighted by molar-refractivity contribution is -0.149. The van der Waals surface area contributed by atoms with Gasteiger partial charge >= 0.3 is 5.97 Å². The fourth-order valence-corrected chi connectivity index (χ4v) is 1.72. The third-order valence-corrected chi connectivity index (χ3v) is 2.44. The molecule has 3 heteroatoms. The highest BCUT2D eigenvalue weighted by Crippen LogP contribution is 2.16. The van der Waals surface area contributed by atoms with Crippen molar-refractivity contribution >= 4 is 23.4 Å². The molecule has 82 valence electrons. The number of carbonyl (C=O) groups is 1. The molecule has 0 aliphatic heterocycles. The average molecular weight is 224 g/mol. The Bertz CT molecular complexity index is 355. The molecule has 0 bridgehead atoms. The van der Waals surface area contributed by atoms with E-state index in [1.54, 1.807) is 18.3 Å². The van der Waals surface area contributed by atoms with Gasteiger partial charge in [0.15, 0.2) is 0 Å². The molecule has 1 aromatic rings. The van der Waals surface area contributed by atoms with E-state index in [0.29, 0.717) is 5.57 Å². The van der Waals surface area contributed by atoms with Gasteiger partial charge in [-0.15, -0.1) is 11.3 Å². The van der Waals surface area contributed by atoms with Gasteiger partial charge in [0.2, 0.25) is 0 Å². The van der Waals surface area contributed by atoms with E-state index in [2.05, 4.69) is 0 Å². The van der Waals surface area contributed by atoms with Gasteiger partial charge in [-0.3, -0.25) is 0 Å². The molecule has 0 saturated heterocycles. The van der Waals surface area contributed by atoms with Crippen LogP contribution in [0.1, 0.15) is 32.6 Å². The molecular formula is C12H16O2S. The zero-order valence-electron chi connectivity index (χ0n) is 9.53. The van der Waals surface area contributed by atoms with E-state index >= 15 is 0 Å². The maximum atomic E-state index is 11.6. The molecule has 0 aliphatic carbocycles.